The van der Waals surface area contributed by atoms with Gasteiger partial charge in [0.25, 0.3) is 5.91 Å². The Bertz CT molecular complexity index is 769. The number of carbonyl (C=O) groups is 2. The molecule has 0 spiro atoms. The van der Waals surface area contributed by atoms with Crippen LogP contribution in [0, 0.1) is 0 Å². The summed E-state index contributed by atoms with van der Waals surface area (Å²) in [5.74, 6) is -0.352. The van der Waals surface area contributed by atoms with Gasteiger partial charge < -0.3 is 21.1 Å². The number of amides is 2. The van der Waals surface area contributed by atoms with Gasteiger partial charge in [-0.15, -0.1) is 0 Å². The lowest BCUT2D eigenvalue weighted by Crippen LogP contribution is -2.54. The van der Waals surface area contributed by atoms with Crippen LogP contribution in [0.4, 0.5) is 5.69 Å². The maximum atomic E-state index is 12.4. The lowest BCUT2D eigenvalue weighted by molar-refractivity contribution is -0.124. The second kappa shape index (κ2) is 8.79. The zero-order valence-electron chi connectivity index (χ0n) is 15.2. The van der Waals surface area contributed by atoms with Crippen LogP contribution < -0.4 is 16.4 Å². The maximum Gasteiger partial charge on any atom is 0.251 e. The molecule has 1 saturated heterocycles. The van der Waals surface area contributed by atoms with Crippen LogP contribution in [0.15, 0.2) is 54.6 Å². The van der Waals surface area contributed by atoms with Crippen molar-refractivity contribution in [2.24, 2.45) is 5.73 Å². The normalized spacial score (nSPS) is 15.7. The number of ether oxygens (including phenoxy) is 1. The largest absolute Gasteiger partial charge is 0.381 e. The van der Waals surface area contributed by atoms with E-state index in [-0.39, 0.29) is 11.8 Å². The van der Waals surface area contributed by atoms with E-state index in [1.54, 1.807) is 24.3 Å². The third-order valence-electron chi connectivity index (χ3n) is 4.78. The van der Waals surface area contributed by atoms with Crippen LogP contribution >= 0.6 is 0 Å². The molecule has 0 atom stereocenters. The highest BCUT2D eigenvalue weighted by atomic mass is 16.5. The fraction of sp³-hybridized carbons (Fsp3) is 0.333. The Hall–Kier alpha value is -2.70. The van der Waals surface area contributed by atoms with Gasteiger partial charge in [-0.1, -0.05) is 30.3 Å². The maximum absolute atomic E-state index is 12.4. The molecule has 1 heterocycles. The molecule has 0 saturated carbocycles. The minimum Gasteiger partial charge on any atom is -0.381 e. The molecule has 1 fully saturated rings. The number of hydrogen-bond acceptors (Lipinski definition) is 4. The molecule has 4 N–H and O–H groups in total. The third kappa shape index (κ3) is 5.15. The van der Waals surface area contributed by atoms with Gasteiger partial charge in [0.1, 0.15) is 5.54 Å². The molecule has 0 bridgehead atoms. The summed E-state index contributed by atoms with van der Waals surface area (Å²) in [6, 6.07) is 16.8. The van der Waals surface area contributed by atoms with E-state index < -0.39 is 5.54 Å². The first-order valence-corrected chi connectivity index (χ1v) is 9.17. The Morgan fingerprint density at radius 3 is 2.33 bits per heavy atom. The van der Waals surface area contributed by atoms with Crippen molar-refractivity contribution in [3.05, 3.63) is 65.7 Å². The molecule has 142 valence electrons. The first-order chi connectivity index (χ1) is 13.1. The van der Waals surface area contributed by atoms with Crippen molar-refractivity contribution in [2.45, 2.75) is 24.8 Å². The zero-order chi connectivity index (χ0) is 19.1. The lowest BCUT2D eigenvalue weighted by atomic mass is 9.90. The average Bonchev–Trinajstić information content (AvgIpc) is 2.70. The van der Waals surface area contributed by atoms with Gasteiger partial charge in [0, 0.05) is 31.0 Å². The van der Waals surface area contributed by atoms with E-state index in [2.05, 4.69) is 10.6 Å². The van der Waals surface area contributed by atoms with Gasteiger partial charge in [-0.25, -0.2) is 0 Å². The Balaban J connectivity index is 1.50. The van der Waals surface area contributed by atoms with Crippen LogP contribution in [0.5, 0.6) is 0 Å². The molecule has 6 nitrogen and oxygen atoms in total. The van der Waals surface area contributed by atoms with Crippen molar-refractivity contribution in [3.8, 4) is 0 Å². The third-order valence-corrected chi connectivity index (χ3v) is 4.78. The van der Waals surface area contributed by atoms with Crippen molar-refractivity contribution in [1.29, 1.82) is 0 Å². The number of benzene rings is 2. The van der Waals surface area contributed by atoms with Crippen LogP contribution in [0.3, 0.4) is 0 Å². The van der Waals surface area contributed by atoms with E-state index in [1.807, 2.05) is 30.3 Å². The summed E-state index contributed by atoms with van der Waals surface area (Å²) < 4.78 is 5.26. The van der Waals surface area contributed by atoms with Crippen LogP contribution in [-0.4, -0.2) is 37.1 Å². The highest BCUT2D eigenvalue weighted by Gasteiger charge is 2.35. The first-order valence-electron chi connectivity index (χ1n) is 9.17. The molecule has 1 aliphatic heterocycles. The number of carbonyl (C=O) groups excluding carboxylic acids is 2. The van der Waals surface area contributed by atoms with E-state index in [0.29, 0.717) is 43.9 Å². The van der Waals surface area contributed by atoms with Gasteiger partial charge in [0.15, 0.2) is 0 Å². The number of nitrogens with two attached hydrogens (primary N) is 1. The van der Waals surface area contributed by atoms with Crippen LogP contribution in [0.25, 0.3) is 0 Å². The van der Waals surface area contributed by atoms with Crippen LogP contribution in [0.1, 0.15) is 28.8 Å². The summed E-state index contributed by atoms with van der Waals surface area (Å²) in [5, 5.41) is 5.74. The molecule has 3 rings (SSSR count). The summed E-state index contributed by atoms with van der Waals surface area (Å²) >= 11 is 0. The fourth-order valence-corrected chi connectivity index (χ4v) is 2.99. The van der Waals surface area contributed by atoms with Gasteiger partial charge in [0.2, 0.25) is 5.91 Å². The second-order valence-corrected chi connectivity index (χ2v) is 6.79. The second-order valence-electron chi connectivity index (χ2n) is 6.79. The summed E-state index contributed by atoms with van der Waals surface area (Å²) in [5.41, 5.74) is 7.63. The molecule has 0 unspecified atom stereocenters. The molecule has 27 heavy (non-hydrogen) atoms. The standard InChI is InChI=1S/C21H25N3O3/c22-21(11-14-27-15-12-21)20(26)24-18-8-6-17(7-9-18)19(25)23-13-10-16-4-2-1-3-5-16/h1-9H,10-15,22H2,(H,23,25)(H,24,26). The van der Waals surface area contributed by atoms with E-state index >= 15 is 0 Å². The van der Waals surface area contributed by atoms with Gasteiger partial charge >= 0.3 is 0 Å². The van der Waals surface area contributed by atoms with Crippen molar-refractivity contribution in [2.75, 3.05) is 25.1 Å². The molecule has 2 aromatic rings. The van der Waals surface area contributed by atoms with Crippen LogP contribution in [-0.2, 0) is 16.0 Å². The Morgan fingerprint density at radius 1 is 1.00 bits per heavy atom. The summed E-state index contributed by atoms with van der Waals surface area (Å²) in [7, 11) is 0. The number of rotatable bonds is 6. The minimum absolute atomic E-state index is 0.136. The predicted molar refractivity (Wildman–Crippen MR) is 105 cm³/mol. The molecule has 2 aromatic carbocycles. The minimum atomic E-state index is -0.897. The topological polar surface area (TPSA) is 93.5 Å². The molecule has 0 aliphatic carbocycles. The smallest absolute Gasteiger partial charge is 0.251 e. The van der Waals surface area contributed by atoms with E-state index in [1.165, 1.54) is 5.56 Å². The molecule has 6 heteroatoms. The Morgan fingerprint density at radius 2 is 1.67 bits per heavy atom. The summed E-state index contributed by atoms with van der Waals surface area (Å²) in [6.45, 7) is 1.55. The monoisotopic (exact) mass is 367 g/mol. The zero-order valence-corrected chi connectivity index (χ0v) is 15.2. The fourth-order valence-electron chi connectivity index (χ4n) is 2.99. The van der Waals surface area contributed by atoms with Crippen molar-refractivity contribution >= 4 is 17.5 Å². The van der Waals surface area contributed by atoms with Crippen molar-refractivity contribution in [3.63, 3.8) is 0 Å². The lowest BCUT2D eigenvalue weighted by Gasteiger charge is -2.31. The van der Waals surface area contributed by atoms with Gasteiger partial charge in [-0.3, -0.25) is 9.59 Å². The van der Waals surface area contributed by atoms with Gasteiger partial charge in [-0.2, -0.15) is 0 Å². The summed E-state index contributed by atoms with van der Waals surface area (Å²) in [6.07, 6.45) is 1.78. The first kappa shape index (κ1) is 19.1. The molecule has 0 radical (unpaired) electrons. The summed E-state index contributed by atoms with van der Waals surface area (Å²) in [4.78, 5) is 24.6. The predicted octanol–water partition coefficient (Wildman–Crippen LogP) is 2.11. The number of nitrogens with one attached hydrogen (secondary N) is 2. The van der Waals surface area contributed by atoms with Crippen molar-refractivity contribution in [1.82, 2.24) is 5.32 Å². The molecular weight excluding hydrogens is 342 g/mol. The molecule has 0 aromatic heterocycles. The molecular formula is C21H25N3O3. The highest BCUT2D eigenvalue weighted by Crippen LogP contribution is 2.20. The SMILES string of the molecule is NC1(C(=O)Nc2ccc(C(=O)NCCc3ccccc3)cc2)CCOCC1. The average molecular weight is 367 g/mol. The van der Waals surface area contributed by atoms with E-state index in [0.717, 1.165) is 6.42 Å². The number of anilines is 1. The van der Waals surface area contributed by atoms with Crippen molar-refractivity contribution < 1.29 is 14.3 Å². The quantitative estimate of drug-likeness (QED) is 0.729. The highest BCUT2D eigenvalue weighted by molar-refractivity contribution is 5.99. The Kier molecular flexibility index (Phi) is 6.21. The number of hydrogen-bond donors (Lipinski definition) is 3. The van der Waals surface area contributed by atoms with Gasteiger partial charge in [-0.05, 0) is 49.1 Å². The van der Waals surface area contributed by atoms with Gasteiger partial charge in [0.05, 0.1) is 0 Å². The van der Waals surface area contributed by atoms with Crippen LogP contribution in [0.2, 0.25) is 0 Å². The Labute approximate surface area is 159 Å². The van der Waals surface area contributed by atoms with E-state index in [9.17, 15) is 9.59 Å². The molecule has 2 amide bonds. The molecule has 1 aliphatic rings. The van der Waals surface area contributed by atoms with E-state index in [4.69, 9.17) is 10.5 Å².